The van der Waals surface area contributed by atoms with Crippen molar-refractivity contribution in [3.05, 3.63) is 42.2 Å². The Morgan fingerprint density at radius 1 is 1.38 bits per heavy atom. The predicted octanol–water partition coefficient (Wildman–Crippen LogP) is 3.27. The van der Waals surface area contributed by atoms with Gasteiger partial charge in [-0.15, -0.1) is 24.0 Å². The van der Waals surface area contributed by atoms with Gasteiger partial charge in [-0.05, 0) is 38.0 Å². The Balaban J connectivity index is 0.00000300. The van der Waals surface area contributed by atoms with Crippen LogP contribution < -0.4 is 14.8 Å². The number of aromatic nitrogens is 2. The first-order valence-corrected chi connectivity index (χ1v) is 9.91. The van der Waals surface area contributed by atoms with Gasteiger partial charge in [0.2, 0.25) is 0 Å². The Morgan fingerprint density at radius 3 is 2.86 bits per heavy atom. The van der Waals surface area contributed by atoms with Crippen LogP contribution in [0.15, 0.2) is 41.7 Å². The smallest absolute Gasteiger partial charge is 0.194 e. The topological polar surface area (TPSA) is 63.9 Å². The molecule has 2 unspecified atom stereocenters. The second-order valence-electron chi connectivity index (χ2n) is 7.18. The Hall–Kier alpha value is -1.97. The number of hydrogen-bond acceptors (Lipinski definition) is 4. The van der Waals surface area contributed by atoms with Crippen LogP contribution in [0.5, 0.6) is 11.5 Å². The molecule has 0 aliphatic carbocycles. The number of hydrogen-bond donors (Lipinski definition) is 1. The summed E-state index contributed by atoms with van der Waals surface area (Å²) in [5.74, 6) is 3.04. The average molecular weight is 513 g/mol. The van der Waals surface area contributed by atoms with E-state index in [2.05, 4.69) is 28.4 Å². The SMILES string of the molecule is CCNC(=NCC(C)Oc1cccc(OC)c1)N1CCC(c2cnn(C)c2)C1.I. The molecule has 1 aromatic carbocycles. The summed E-state index contributed by atoms with van der Waals surface area (Å²) in [5.41, 5.74) is 1.30. The standard InChI is InChI=1S/C21H31N5O2.HI/c1-5-22-21(26-10-9-17(15-26)18-13-24-25(3)14-18)23-12-16(2)28-20-8-6-7-19(11-20)27-4;/h6-8,11,13-14,16-17H,5,9-10,12,15H2,1-4H3,(H,22,23);1H. The van der Waals surface area contributed by atoms with E-state index in [1.807, 2.05) is 49.1 Å². The summed E-state index contributed by atoms with van der Waals surface area (Å²) < 4.78 is 13.1. The third-order valence-electron chi connectivity index (χ3n) is 4.90. The molecule has 2 aromatic rings. The molecule has 1 N–H and O–H groups in total. The molecule has 160 valence electrons. The number of aliphatic imine (C=N–C) groups is 1. The zero-order chi connectivity index (χ0) is 19.9. The lowest BCUT2D eigenvalue weighted by molar-refractivity contribution is 0.228. The van der Waals surface area contributed by atoms with E-state index >= 15 is 0 Å². The second kappa shape index (κ2) is 11.3. The molecule has 1 saturated heterocycles. The molecular formula is C21H32IN5O2. The van der Waals surface area contributed by atoms with Crippen LogP contribution in [0.4, 0.5) is 0 Å². The molecule has 2 atom stereocenters. The van der Waals surface area contributed by atoms with Gasteiger partial charge in [-0.3, -0.25) is 4.68 Å². The summed E-state index contributed by atoms with van der Waals surface area (Å²) in [6, 6.07) is 7.67. The molecule has 0 spiro atoms. The van der Waals surface area contributed by atoms with E-state index in [1.54, 1.807) is 7.11 Å². The monoisotopic (exact) mass is 513 g/mol. The number of halogens is 1. The fourth-order valence-electron chi connectivity index (χ4n) is 3.46. The average Bonchev–Trinajstić information content (AvgIpc) is 3.34. The van der Waals surface area contributed by atoms with Gasteiger partial charge in [-0.2, -0.15) is 5.10 Å². The van der Waals surface area contributed by atoms with Crippen molar-refractivity contribution in [1.82, 2.24) is 20.0 Å². The van der Waals surface area contributed by atoms with Gasteiger partial charge in [0.25, 0.3) is 0 Å². The minimum atomic E-state index is -0.0301. The van der Waals surface area contributed by atoms with E-state index in [9.17, 15) is 0 Å². The van der Waals surface area contributed by atoms with Crippen LogP contribution in [0.3, 0.4) is 0 Å². The molecule has 8 heteroatoms. The lowest BCUT2D eigenvalue weighted by atomic mass is 10.0. The maximum atomic E-state index is 6.00. The maximum absolute atomic E-state index is 6.00. The Labute approximate surface area is 190 Å². The maximum Gasteiger partial charge on any atom is 0.194 e. The van der Waals surface area contributed by atoms with Gasteiger partial charge in [0.05, 0.1) is 19.9 Å². The van der Waals surface area contributed by atoms with E-state index < -0.39 is 0 Å². The zero-order valence-electron chi connectivity index (χ0n) is 17.7. The first kappa shape index (κ1) is 23.3. The molecule has 29 heavy (non-hydrogen) atoms. The van der Waals surface area contributed by atoms with Crippen molar-refractivity contribution >= 4 is 29.9 Å². The van der Waals surface area contributed by atoms with Crippen molar-refractivity contribution in [3.8, 4) is 11.5 Å². The normalized spacial score (nSPS) is 17.6. The number of ether oxygens (including phenoxy) is 2. The highest BCUT2D eigenvalue weighted by atomic mass is 127. The summed E-state index contributed by atoms with van der Waals surface area (Å²) in [4.78, 5) is 7.15. The molecular weight excluding hydrogens is 481 g/mol. The summed E-state index contributed by atoms with van der Waals surface area (Å²) >= 11 is 0. The molecule has 1 aromatic heterocycles. The van der Waals surface area contributed by atoms with Crippen molar-refractivity contribution in [2.45, 2.75) is 32.3 Å². The van der Waals surface area contributed by atoms with Gasteiger partial charge >= 0.3 is 0 Å². The van der Waals surface area contributed by atoms with Crippen molar-refractivity contribution in [2.24, 2.45) is 12.0 Å². The Kier molecular flexibility index (Phi) is 9.06. The molecule has 2 heterocycles. The number of nitrogens with zero attached hydrogens (tertiary/aromatic N) is 4. The highest BCUT2D eigenvalue weighted by Crippen LogP contribution is 2.26. The lowest BCUT2D eigenvalue weighted by Crippen LogP contribution is -2.40. The third kappa shape index (κ3) is 6.52. The summed E-state index contributed by atoms with van der Waals surface area (Å²) in [5, 5.41) is 7.72. The van der Waals surface area contributed by atoms with Gasteiger partial charge in [0.15, 0.2) is 5.96 Å². The fourth-order valence-corrected chi connectivity index (χ4v) is 3.46. The summed E-state index contributed by atoms with van der Waals surface area (Å²) in [6.07, 6.45) is 5.17. The van der Waals surface area contributed by atoms with E-state index in [1.165, 1.54) is 5.56 Å². The Bertz CT molecular complexity index is 795. The van der Waals surface area contributed by atoms with Crippen molar-refractivity contribution in [1.29, 1.82) is 0 Å². The largest absolute Gasteiger partial charge is 0.497 e. The van der Waals surface area contributed by atoms with E-state index in [0.29, 0.717) is 12.5 Å². The first-order valence-electron chi connectivity index (χ1n) is 9.91. The number of methoxy groups -OCH3 is 1. The molecule has 7 nitrogen and oxygen atoms in total. The van der Waals surface area contributed by atoms with Gasteiger partial charge in [0.1, 0.15) is 17.6 Å². The van der Waals surface area contributed by atoms with Gasteiger partial charge in [0, 0.05) is 44.9 Å². The van der Waals surface area contributed by atoms with Crippen molar-refractivity contribution < 1.29 is 9.47 Å². The number of benzene rings is 1. The minimum Gasteiger partial charge on any atom is -0.497 e. The Morgan fingerprint density at radius 2 is 2.17 bits per heavy atom. The van der Waals surface area contributed by atoms with Gasteiger partial charge < -0.3 is 19.7 Å². The molecule has 0 radical (unpaired) electrons. The van der Waals surface area contributed by atoms with E-state index in [4.69, 9.17) is 14.5 Å². The number of likely N-dealkylation sites (tertiary alicyclic amines) is 1. The molecule has 0 amide bonds. The van der Waals surface area contributed by atoms with Gasteiger partial charge in [-0.25, -0.2) is 4.99 Å². The third-order valence-corrected chi connectivity index (χ3v) is 4.90. The van der Waals surface area contributed by atoms with Crippen LogP contribution in [0.25, 0.3) is 0 Å². The fraction of sp³-hybridized carbons (Fsp3) is 0.524. The van der Waals surface area contributed by atoms with E-state index in [0.717, 1.165) is 43.5 Å². The first-order chi connectivity index (χ1) is 13.6. The second-order valence-corrected chi connectivity index (χ2v) is 7.18. The summed E-state index contributed by atoms with van der Waals surface area (Å²) in [7, 11) is 3.62. The molecule has 0 saturated carbocycles. The number of rotatable bonds is 7. The highest BCUT2D eigenvalue weighted by Gasteiger charge is 2.27. The quantitative estimate of drug-likeness (QED) is 0.350. The molecule has 0 bridgehead atoms. The van der Waals surface area contributed by atoms with Crippen LogP contribution in [0, 0.1) is 0 Å². The van der Waals surface area contributed by atoms with Crippen LogP contribution in [0.1, 0.15) is 31.7 Å². The number of guanidine groups is 1. The number of aryl methyl sites for hydroxylation is 1. The lowest BCUT2D eigenvalue weighted by Gasteiger charge is -2.22. The van der Waals surface area contributed by atoms with Crippen molar-refractivity contribution in [2.75, 3.05) is 33.3 Å². The highest BCUT2D eigenvalue weighted by molar-refractivity contribution is 14.0. The van der Waals surface area contributed by atoms with Gasteiger partial charge in [-0.1, -0.05) is 6.07 Å². The van der Waals surface area contributed by atoms with Crippen LogP contribution in [0.2, 0.25) is 0 Å². The molecule has 1 fully saturated rings. The zero-order valence-corrected chi connectivity index (χ0v) is 20.0. The van der Waals surface area contributed by atoms with Crippen LogP contribution in [-0.4, -0.2) is 60.0 Å². The molecule has 1 aliphatic rings. The summed E-state index contributed by atoms with van der Waals surface area (Å²) in [6.45, 7) is 7.53. The molecule has 3 rings (SSSR count). The van der Waals surface area contributed by atoms with Crippen LogP contribution in [-0.2, 0) is 7.05 Å². The minimum absolute atomic E-state index is 0. The number of nitrogens with one attached hydrogen (secondary N) is 1. The predicted molar refractivity (Wildman–Crippen MR) is 127 cm³/mol. The van der Waals surface area contributed by atoms with Crippen molar-refractivity contribution in [3.63, 3.8) is 0 Å². The van der Waals surface area contributed by atoms with Crippen LogP contribution >= 0.6 is 24.0 Å². The van der Waals surface area contributed by atoms with E-state index in [-0.39, 0.29) is 30.1 Å². The molecule has 1 aliphatic heterocycles.